The van der Waals surface area contributed by atoms with Crippen LogP contribution in [-0.4, -0.2) is 53.4 Å². The Morgan fingerprint density at radius 2 is 2.00 bits per heavy atom. The van der Waals surface area contributed by atoms with Crippen LogP contribution in [0.15, 0.2) is 49.3 Å². The summed E-state index contributed by atoms with van der Waals surface area (Å²) in [5.41, 5.74) is 3.25. The maximum atomic E-state index is 13.5. The number of nitrogens with zero attached hydrogens (tertiary/aromatic N) is 7. The number of piperidine rings is 1. The molecule has 0 radical (unpaired) electrons. The van der Waals surface area contributed by atoms with Crippen molar-refractivity contribution in [3.63, 3.8) is 0 Å². The van der Waals surface area contributed by atoms with Gasteiger partial charge < -0.3 is 4.90 Å². The lowest BCUT2D eigenvalue weighted by atomic mass is 9.90. The van der Waals surface area contributed by atoms with Crippen LogP contribution in [0.2, 0.25) is 0 Å². The van der Waals surface area contributed by atoms with E-state index in [1.165, 1.54) is 18.6 Å². The Hall–Kier alpha value is -3.82. The van der Waals surface area contributed by atoms with Crippen molar-refractivity contribution >= 4 is 11.6 Å². The fourth-order valence-corrected chi connectivity index (χ4v) is 4.39. The number of hydrogen-bond donors (Lipinski definition) is 0. The van der Waals surface area contributed by atoms with Gasteiger partial charge in [0.25, 0.3) is 12.3 Å². The van der Waals surface area contributed by atoms with E-state index in [1.807, 2.05) is 12.1 Å². The van der Waals surface area contributed by atoms with Crippen LogP contribution in [0.5, 0.6) is 0 Å². The van der Waals surface area contributed by atoms with Crippen LogP contribution in [0.4, 0.5) is 8.78 Å². The molecule has 4 aromatic heterocycles. The van der Waals surface area contributed by atoms with Crippen LogP contribution in [-0.2, 0) is 0 Å². The van der Waals surface area contributed by atoms with Gasteiger partial charge in [-0.1, -0.05) is 0 Å². The van der Waals surface area contributed by atoms with Gasteiger partial charge in [0.15, 0.2) is 5.65 Å². The fraction of sp³-hybridized carbons (Fsp3) is 0.304. The summed E-state index contributed by atoms with van der Waals surface area (Å²) in [5, 5.41) is 4.03. The number of rotatable bonds is 4. The summed E-state index contributed by atoms with van der Waals surface area (Å²) in [5.74, 6) is -0.255. The molecule has 8 nitrogen and oxygen atoms in total. The van der Waals surface area contributed by atoms with Crippen LogP contribution >= 0.6 is 0 Å². The third kappa shape index (κ3) is 3.92. The van der Waals surface area contributed by atoms with Gasteiger partial charge in [-0.05, 0) is 43.5 Å². The summed E-state index contributed by atoms with van der Waals surface area (Å²) < 4.78 is 28.0. The average molecular weight is 449 g/mol. The highest BCUT2D eigenvalue weighted by atomic mass is 19.3. The Labute approximate surface area is 188 Å². The molecule has 0 bridgehead atoms. The second-order valence-electron chi connectivity index (χ2n) is 8.06. The van der Waals surface area contributed by atoms with Crippen molar-refractivity contribution in [1.29, 1.82) is 0 Å². The van der Waals surface area contributed by atoms with E-state index in [-0.39, 0.29) is 28.7 Å². The Morgan fingerprint density at radius 1 is 1.18 bits per heavy atom. The number of alkyl halides is 2. The molecule has 0 spiro atoms. The Morgan fingerprint density at radius 3 is 2.79 bits per heavy atom. The molecule has 1 aliphatic rings. The van der Waals surface area contributed by atoms with Crippen molar-refractivity contribution in [1.82, 2.24) is 34.4 Å². The monoisotopic (exact) mass is 449 g/mol. The minimum Gasteiger partial charge on any atom is -0.338 e. The molecule has 0 unspecified atom stereocenters. The van der Waals surface area contributed by atoms with E-state index in [0.29, 0.717) is 18.8 Å². The summed E-state index contributed by atoms with van der Waals surface area (Å²) >= 11 is 0. The minimum atomic E-state index is -2.72. The zero-order chi connectivity index (χ0) is 22.9. The number of carbonyl (C=O) groups is 1. The quantitative estimate of drug-likeness (QED) is 0.470. The maximum absolute atomic E-state index is 13.5. The lowest BCUT2D eigenvalue weighted by Crippen LogP contribution is -2.39. The highest BCUT2D eigenvalue weighted by Crippen LogP contribution is 2.33. The summed E-state index contributed by atoms with van der Waals surface area (Å²) in [6.07, 6.45) is 7.01. The Kier molecular flexibility index (Phi) is 5.49. The van der Waals surface area contributed by atoms with Gasteiger partial charge in [0, 0.05) is 48.9 Å². The van der Waals surface area contributed by atoms with Crippen LogP contribution in [0, 0.1) is 6.92 Å². The summed E-state index contributed by atoms with van der Waals surface area (Å²) in [6, 6.07) is 5.09. The van der Waals surface area contributed by atoms with Crippen LogP contribution < -0.4 is 0 Å². The number of pyridine rings is 1. The van der Waals surface area contributed by atoms with Gasteiger partial charge in [0.05, 0.1) is 11.9 Å². The van der Waals surface area contributed by atoms with E-state index < -0.39 is 6.43 Å². The Bertz CT molecular complexity index is 1310. The first-order chi connectivity index (χ1) is 16.0. The molecule has 0 aliphatic carbocycles. The number of halogens is 2. The zero-order valence-corrected chi connectivity index (χ0v) is 17.9. The van der Waals surface area contributed by atoms with Crippen molar-refractivity contribution in [3.05, 3.63) is 72.0 Å². The average Bonchev–Trinajstić information content (AvgIpc) is 3.27. The molecule has 0 aromatic carbocycles. The van der Waals surface area contributed by atoms with Crippen LogP contribution in [0.1, 0.15) is 52.6 Å². The number of fused-ring (bicyclic) bond motifs is 1. The first-order valence-corrected chi connectivity index (χ1v) is 10.7. The van der Waals surface area contributed by atoms with Gasteiger partial charge in [-0.25, -0.2) is 28.2 Å². The number of likely N-dealkylation sites (tertiary alicyclic amines) is 1. The van der Waals surface area contributed by atoms with E-state index in [4.69, 9.17) is 0 Å². The molecule has 5 rings (SSSR count). The van der Waals surface area contributed by atoms with Crippen molar-refractivity contribution < 1.29 is 13.6 Å². The Balaban J connectivity index is 1.46. The summed E-state index contributed by atoms with van der Waals surface area (Å²) in [7, 11) is 0. The first-order valence-electron chi connectivity index (χ1n) is 10.7. The molecule has 1 fully saturated rings. The molecule has 1 atom stereocenters. The van der Waals surface area contributed by atoms with E-state index in [9.17, 15) is 13.6 Å². The smallest absolute Gasteiger partial charge is 0.280 e. The second kappa shape index (κ2) is 8.61. The molecule has 0 N–H and O–H groups in total. The van der Waals surface area contributed by atoms with Crippen molar-refractivity contribution in [2.45, 2.75) is 32.1 Å². The molecule has 168 valence electrons. The molecule has 0 saturated carbocycles. The maximum Gasteiger partial charge on any atom is 0.280 e. The van der Waals surface area contributed by atoms with Crippen LogP contribution in [0.25, 0.3) is 16.8 Å². The third-order valence-electron chi connectivity index (χ3n) is 5.91. The molecule has 33 heavy (non-hydrogen) atoms. The normalized spacial score (nSPS) is 16.5. The van der Waals surface area contributed by atoms with Gasteiger partial charge in [0.2, 0.25) is 0 Å². The molecule has 1 saturated heterocycles. The van der Waals surface area contributed by atoms with E-state index >= 15 is 0 Å². The SMILES string of the molecule is Cc1cc(C(F)F)n2ncc(C(=O)N3CCC[C@H](c4ncncc4-c4ccncc4)C3)c2n1. The molecular weight excluding hydrogens is 428 g/mol. The van der Waals surface area contributed by atoms with Gasteiger partial charge in [0.1, 0.15) is 17.6 Å². The molecular formula is C23H21F2N7O. The molecule has 1 amide bonds. The largest absolute Gasteiger partial charge is 0.338 e. The van der Waals surface area contributed by atoms with Gasteiger partial charge in [-0.2, -0.15) is 5.10 Å². The molecule has 4 aromatic rings. The second-order valence-corrected chi connectivity index (χ2v) is 8.06. The van der Waals surface area contributed by atoms with Crippen molar-refractivity contribution in [3.8, 4) is 11.1 Å². The lowest BCUT2D eigenvalue weighted by Gasteiger charge is -2.33. The van der Waals surface area contributed by atoms with Gasteiger partial charge >= 0.3 is 0 Å². The predicted octanol–water partition coefficient (Wildman–Crippen LogP) is 3.85. The highest BCUT2D eigenvalue weighted by molar-refractivity contribution is 5.99. The molecule has 5 heterocycles. The fourth-order valence-electron chi connectivity index (χ4n) is 4.39. The zero-order valence-electron chi connectivity index (χ0n) is 17.9. The van der Waals surface area contributed by atoms with Gasteiger partial charge in [-0.3, -0.25) is 9.78 Å². The molecule has 1 aliphatic heterocycles. The summed E-state index contributed by atoms with van der Waals surface area (Å²) in [4.78, 5) is 32.3. The minimum absolute atomic E-state index is 0.0158. The van der Waals surface area contributed by atoms with Crippen molar-refractivity contribution in [2.24, 2.45) is 0 Å². The first kappa shape index (κ1) is 21.0. The van der Waals surface area contributed by atoms with E-state index in [0.717, 1.165) is 34.2 Å². The third-order valence-corrected chi connectivity index (χ3v) is 5.91. The number of aryl methyl sites for hydroxylation is 1. The van der Waals surface area contributed by atoms with Crippen molar-refractivity contribution in [2.75, 3.05) is 13.1 Å². The van der Waals surface area contributed by atoms with E-state index in [1.54, 1.807) is 30.4 Å². The summed E-state index contributed by atoms with van der Waals surface area (Å²) in [6.45, 7) is 2.65. The highest BCUT2D eigenvalue weighted by Gasteiger charge is 2.30. The van der Waals surface area contributed by atoms with E-state index in [2.05, 4.69) is 25.0 Å². The number of hydrogen-bond acceptors (Lipinski definition) is 6. The number of amides is 1. The van der Waals surface area contributed by atoms with Crippen LogP contribution in [0.3, 0.4) is 0 Å². The lowest BCUT2D eigenvalue weighted by molar-refractivity contribution is 0.0707. The predicted molar refractivity (Wildman–Crippen MR) is 116 cm³/mol. The topological polar surface area (TPSA) is 89.2 Å². The number of carbonyl (C=O) groups excluding carboxylic acids is 1. The standard InChI is InChI=1S/C23H21F2N7O/c1-14-9-19(21(24)25)32-22(30-14)18(11-29-32)23(33)31-8-2-3-16(12-31)20-17(10-27-13-28-20)15-4-6-26-7-5-15/h4-7,9-11,13,16,21H,2-3,8,12H2,1H3/t16-/m0/s1. The van der Waals surface area contributed by atoms with Gasteiger partial charge in [-0.15, -0.1) is 0 Å². The number of aromatic nitrogens is 6. The molecule has 10 heteroatoms.